The molecule has 0 unspecified atom stereocenters. The number of aromatic nitrogens is 1. The summed E-state index contributed by atoms with van der Waals surface area (Å²) in [4.78, 5) is 3.76. The zero-order chi connectivity index (χ0) is 19.4. The fourth-order valence-corrected chi connectivity index (χ4v) is 4.93. The molecule has 1 saturated carbocycles. The van der Waals surface area contributed by atoms with Crippen molar-refractivity contribution >= 4 is 59.7 Å². The standard InChI is InChI=1S/C18H30FN3O3S.4ClH/c1-18(2,22-12-17(23)14-8-15(19)11-21-10-14)9-13-4-6-16(7-5-13)26(24,25)20-3;;;;/h8,10-11,13,16-17,20,22-23H,4-7,9,12H2,1-3H3;4*1H/t13?,16?,17-;;;;/m0..../s1. The number of rotatable bonds is 8. The van der Waals surface area contributed by atoms with Crippen molar-refractivity contribution in [2.75, 3.05) is 13.6 Å². The number of hydrogen-bond acceptors (Lipinski definition) is 5. The number of β-amino-alcohol motifs (C(OH)–C–C–N with tert-alkyl or cyclic N) is 1. The predicted molar refractivity (Wildman–Crippen MR) is 129 cm³/mol. The summed E-state index contributed by atoms with van der Waals surface area (Å²) in [6.07, 6.45) is 5.77. The van der Waals surface area contributed by atoms with Crippen LogP contribution in [-0.4, -0.2) is 42.9 Å². The molecule has 3 N–H and O–H groups in total. The SMILES string of the molecule is CNS(=O)(=O)C1CCC(CC(C)(C)NC[C@H](O)c2cncc(F)c2)CC1.Cl.Cl.Cl.Cl. The van der Waals surface area contributed by atoms with Crippen LogP contribution in [-0.2, 0) is 10.0 Å². The van der Waals surface area contributed by atoms with E-state index in [4.69, 9.17) is 0 Å². The molecule has 1 aliphatic rings. The number of nitrogens with zero attached hydrogens (tertiary/aromatic N) is 1. The lowest BCUT2D eigenvalue weighted by atomic mass is 9.80. The average Bonchev–Trinajstić information content (AvgIpc) is 2.60. The van der Waals surface area contributed by atoms with Gasteiger partial charge in [-0.25, -0.2) is 17.5 Å². The van der Waals surface area contributed by atoms with E-state index in [1.807, 2.05) is 0 Å². The highest BCUT2D eigenvalue weighted by atomic mass is 35.5. The van der Waals surface area contributed by atoms with Crippen LogP contribution < -0.4 is 10.0 Å². The van der Waals surface area contributed by atoms with E-state index in [9.17, 15) is 17.9 Å². The van der Waals surface area contributed by atoms with Gasteiger partial charge in [0.2, 0.25) is 10.0 Å². The van der Waals surface area contributed by atoms with Crippen molar-refractivity contribution < 1.29 is 17.9 Å². The van der Waals surface area contributed by atoms with Gasteiger partial charge < -0.3 is 10.4 Å². The number of halogens is 5. The molecule has 6 nitrogen and oxygen atoms in total. The van der Waals surface area contributed by atoms with Crippen LogP contribution in [0.1, 0.15) is 57.6 Å². The molecular weight excluding hydrogens is 499 g/mol. The van der Waals surface area contributed by atoms with Crippen LogP contribution in [0.15, 0.2) is 18.5 Å². The highest BCUT2D eigenvalue weighted by Crippen LogP contribution is 2.33. The third-order valence-electron chi connectivity index (χ3n) is 5.20. The molecule has 2 rings (SSSR count). The van der Waals surface area contributed by atoms with Gasteiger partial charge in [-0.1, -0.05) is 0 Å². The number of hydrogen-bond donors (Lipinski definition) is 3. The van der Waals surface area contributed by atoms with E-state index in [-0.39, 0.29) is 60.4 Å². The number of nitrogens with one attached hydrogen (secondary N) is 2. The van der Waals surface area contributed by atoms with Crippen molar-refractivity contribution in [3.05, 3.63) is 29.8 Å². The third kappa shape index (κ3) is 10.6. The average molecular weight is 533 g/mol. The Morgan fingerprint density at radius 2 is 1.73 bits per heavy atom. The Bertz CT molecular complexity index is 706. The van der Waals surface area contributed by atoms with E-state index in [2.05, 4.69) is 28.9 Å². The van der Waals surface area contributed by atoms with Gasteiger partial charge in [-0.3, -0.25) is 4.98 Å². The lowest BCUT2D eigenvalue weighted by molar-refractivity contribution is 0.150. The number of aliphatic hydroxyl groups excluding tert-OH is 1. The second-order valence-electron chi connectivity index (χ2n) is 7.81. The van der Waals surface area contributed by atoms with Crippen LogP contribution in [0.2, 0.25) is 0 Å². The van der Waals surface area contributed by atoms with Crippen LogP contribution in [0.3, 0.4) is 0 Å². The van der Waals surface area contributed by atoms with Gasteiger partial charge in [0.05, 0.1) is 17.6 Å². The molecular formula is C18H34Cl4FN3O3S. The van der Waals surface area contributed by atoms with Gasteiger partial charge in [0, 0.05) is 23.8 Å². The first-order chi connectivity index (χ1) is 12.1. The lowest BCUT2D eigenvalue weighted by Crippen LogP contribution is -2.44. The van der Waals surface area contributed by atoms with Gasteiger partial charge >= 0.3 is 0 Å². The molecule has 1 aliphatic carbocycles. The minimum Gasteiger partial charge on any atom is -0.387 e. The molecule has 0 aliphatic heterocycles. The second-order valence-corrected chi connectivity index (χ2v) is 9.98. The molecule has 180 valence electrons. The number of pyridine rings is 1. The minimum absolute atomic E-state index is 0. The topological polar surface area (TPSA) is 91.3 Å². The summed E-state index contributed by atoms with van der Waals surface area (Å²) in [6.45, 7) is 4.45. The fraction of sp³-hybridized carbons (Fsp3) is 0.722. The van der Waals surface area contributed by atoms with Crippen molar-refractivity contribution in [2.24, 2.45) is 5.92 Å². The second kappa shape index (κ2) is 15.0. The van der Waals surface area contributed by atoms with Crippen molar-refractivity contribution in [2.45, 2.75) is 62.8 Å². The smallest absolute Gasteiger partial charge is 0.214 e. The van der Waals surface area contributed by atoms with Gasteiger partial charge in [0.1, 0.15) is 5.82 Å². The highest BCUT2D eigenvalue weighted by Gasteiger charge is 2.32. The summed E-state index contributed by atoms with van der Waals surface area (Å²) < 4.78 is 39.4. The molecule has 0 amide bonds. The highest BCUT2D eigenvalue weighted by molar-refractivity contribution is 7.90. The molecule has 1 aromatic rings. The van der Waals surface area contributed by atoms with E-state index in [1.165, 1.54) is 19.3 Å². The third-order valence-corrected chi connectivity index (χ3v) is 7.12. The quantitative estimate of drug-likeness (QED) is 0.473. The van der Waals surface area contributed by atoms with Gasteiger partial charge in [-0.15, -0.1) is 49.6 Å². The van der Waals surface area contributed by atoms with Crippen LogP contribution in [0, 0.1) is 11.7 Å². The molecule has 0 radical (unpaired) electrons. The summed E-state index contributed by atoms with van der Waals surface area (Å²) in [5, 5.41) is 13.3. The fourth-order valence-electron chi connectivity index (χ4n) is 3.71. The monoisotopic (exact) mass is 531 g/mol. The van der Waals surface area contributed by atoms with Gasteiger partial charge in [0.15, 0.2) is 0 Å². The van der Waals surface area contributed by atoms with Crippen LogP contribution in [0.25, 0.3) is 0 Å². The lowest BCUT2D eigenvalue weighted by Gasteiger charge is -2.35. The number of aliphatic hydroxyl groups is 1. The van der Waals surface area contributed by atoms with Gasteiger partial charge in [-0.2, -0.15) is 0 Å². The maximum atomic E-state index is 13.2. The van der Waals surface area contributed by atoms with Crippen molar-refractivity contribution in [3.63, 3.8) is 0 Å². The maximum Gasteiger partial charge on any atom is 0.214 e. The molecule has 0 spiro atoms. The summed E-state index contributed by atoms with van der Waals surface area (Å²) in [5.41, 5.74) is 0.243. The minimum atomic E-state index is -3.18. The Kier molecular flexibility index (Phi) is 17.3. The zero-order valence-electron chi connectivity index (χ0n) is 17.3. The van der Waals surface area contributed by atoms with E-state index in [0.717, 1.165) is 25.5 Å². The van der Waals surface area contributed by atoms with Crippen LogP contribution in [0.5, 0.6) is 0 Å². The maximum absolute atomic E-state index is 13.2. The Balaban J connectivity index is -0.00000182. The first-order valence-electron chi connectivity index (χ1n) is 9.09. The van der Waals surface area contributed by atoms with Crippen molar-refractivity contribution in [1.29, 1.82) is 0 Å². The van der Waals surface area contributed by atoms with Crippen LogP contribution >= 0.6 is 49.6 Å². The van der Waals surface area contributed by atoms with Gasteiger partial charge in [0.25, 0.3) is 0 Å². The Morgan fingerprint density at radius 3 is 2.23 bits per heavy atom. The summed E-state index contributed by atoms with van der Waals surface area (Å²) in [7, 11) is -1.71. The van der Waals surface area contributed by atoms with E-state index in [1.54, 1.807) is 0 Å². The summed E-state index contributed by atoms with van der Waals surface area (Å²) >= 11 is 0. The Hall–Kier alpha value is 0.0700. The Morgan fingerprint density at radius 1 is 1.17 bits per heavy atom. The first-order valence-corrected chi connectivity index (χ1v) is 10.6. The first kappa shape index (κ1) is 34.7. The molecule has 1 heterocycles. The van der Waals surface area contributed by atoms with E-state index in [0.29, 0.717) is 30.9 Å². The largest absolute Gasteiger partial charge is 0.387 e. The Labute approximate surface area is 204 Å². The normalized spacial score (nSPS) is 19.9. The molecule has 0 aromatic carbocycles. The van der Waals surface area contributed by atoms with E-state index < -0.39 is 21.9 Å². The van der Waals surface area contributed by atoms with E-state index >= 15 is 0 Å². The molecule has 12 heteroatoms. The predicted octanol–water partition coefficient (Wildman–Crippen LogP) is 3.81. The number of sulfonamides is 1. The zero-order valence-corrected chi connectivity index (χ0v) is 21.4. The van der Waals surface area contributed by atoms with Crippen LogP contribution in [0.4, 0.5) is 4.39 Å². The van der Waals surface area contributed by atoms with Crippen molar-refractivity contribution in [1.82, 2.24) is 15.0 Å². The molecule has 1 fully saturated rings. The van der Waals surface area contributed by atoms with Gasteiger partial charge in [-0.05, 0) is 65.0 Å². The molecule has 1 atom stereocenters. The van der Waals surface area contributed by atoms with Crippen molar-refractivity contribution in [3.8, 4) is 0 Å². The summed E-state index contributed by atoms with van der Waals surface area (Å²) in [6, 6.07) is 1.29. The molecule has 0 bridgehead atoms. The summed E-state index contributed by atoms with van der Waals surface area (Å²) in [5.74, 6) is -0.0112. The molecule has 0 saturated heterocycles. The molecule has 1 aromatic heterocycles. The molecule has 30 heavy (non-hydrogen) atoms.